The van der Waals surface area contributed by atoms with Gasteiger partial charge in [-0.2, -0.15) is 0 Å². The Balaban J connectivity index is 2.44. The van der Waals surface area contributed by atoms with Gasteiger partial charge in [0.25, 0.3) is 0 Å². The maximum Gasteiger partial charge on any atom is 0.139 e. The van der Waals surface area contributed by atoms with Crippen LogP contribution in [0.2, 0.25) is 0 Å². The van der Waals surface area contributed by atoms with E-state index in [4.69, 9.17) is 11.5 Å². The van der Waals surface area contributed by atoms with Crippen LogP contribution in [0.4, 0.5) is 11.4 Å². The Kier molecular flexibility index (Phi) is 2.98. The van der Waals surface area contributed by atoms with Gasteiger partial charge in [0.2, 0.25) is 0 Å². The summed E-state index contributed by atoms with van der Waals surface area (Å²) in [6, 6.07) is 9.68. The summed E-state index contributed by atoms with van der Waals surface area (Å²) in [5.74, 6) is 5.61. The third kappa shape index (κ3) is 2.15. The maximum atomic E-state index is 9.44. The molecule has 0 amide bonds. The lowest BCUT2D eigenvalue weighted by molar-refractivity contribution is 0.477. The summed E-state index contributed by atoms with van der Waals surface area (Å²) in [7, 11) is 0. The SMILES string of the molecule is Nc1c(O)cccc1C#Cc1cccc(O)c1N. The number of nitrogen functional groups attached to an aromatic ring is 2. The van der Waals surface area contributed by atoms with Gasteiger partial charge in [-0.25, -0.2) is 0 Å². The van der Waals surface area contributed by atoms with E-state index in [0.717, 1.165) is 0 Å². The molecular formula is C14H12N2O2. The van der Waals surface area contributed by atoms with Crippen LogP contribution in [0.5, 0.6) is 11.5 Å². The first kappa shape index (κ1) is 11.7. The van der Waals surface area contributed by atoms with Gasteiger partial charge in [0.1, 0.15) is 11.5 Å². The molecule has 0 bridgehead atoms. The molecule has 0 unspecified atom stereocenters. The molecule has 0 spiro atoms. The summed E-state index contributed by atoms with van der Waals surface area (Å²) in [6.07, 6.45) is 0. The van der Waals surface area contributed by atoms with E-state index in [9.17, 15) is 10.2 Å². The van der Waals surface area contributed by atoms with E-state index in [1.807, 2.05) is 0 Å². The topological polar surface area (TPSA) is 92.5 Å². The van der Waals surface area contributed by atoms with Gasteiger partial charge in [-0.3, -0.25) is 0 Å². The molecule has 0 heterocycles. The van der Waals surface area contributed by atoms with Crippen molar-refractivity contribution in [3.8, 4) is 23.3 Å². The smallest absolute Gasteiger partial charge is 0.139 e. The highest BCUT2D eigenvalue weighted by atomic mass is 16.3. The Hall–Kier alpha value is -2.80. The summed E-state index contributed by atoms with van der Waals surface area (Å²) < 4.78 is 0. The average molecular weight is 240 g/mol. The summed E-state index contributed by atoms with van der Waals surface area (Å²) in [4.78, 5) is 0. The van der Waals surface area contributed by atoms with Crippen molar-refractivity contribution in [2.45, 2.75) is 0 Å². The fourth-order valence-electron chi connectivity index (χ4n) is 1.46. The summed E-state index contributed by atoms with van der Waals surface area (Å²) >= 11 is 0. The van der Waals surface area contributed by atoms with Gasteiger partial charge in [0, 0.05) is 0 Å². The summed E-state index contributed by atoms with van der Waals surface area (Å²) in [5.41, 5.74) is 12.8. The minimum atomic E-state index is -0.00863. The quantitative estimate of drug-likeness (QED) is 0.320. The number of anilines is 2. The molecule has 2 aromatic carbocycles. The molecule has 4 heteroatoms. The highest BCUT2D eigenvalue weighted by Crippen LogP contribution is 2.24. The van der Waals surface area contributed by atoms with Crippen LogP contribution in [0, 0.1) is 11.8 Å². The minimum Gasteiger partial charge on any atom is -0.506 e. The number of benzene rings is 2. The van der Waals surface area contributed by atoms with E-state index >= 15 is 0 Å². The second kappa shape index (κ2) is 4.60. The van der Waals surface area contributed by atoms with Crippen molar-refractivity contribution in [1.82, 2.24) is 0 Å². The number of phenols is 2. The largest absolute Gasteiger partial charge is 0.506 e. The van der Waals surface area contributed by atoms with Crippen molar-refractivity contribution in [3.05, 3.63) is 47.5 Å². The molecule has 0 radical (unpaired) electrons. The first-order valence-corrected chi connectivity index (χ1v) is 5.26. The number of aromatic hydroxyl groups is 2. The molecule has 0 fully saturated rings. The zero-order chi connectivity index (χ0) is 13.1. The van der Waals surface area contributed by atoms with E-state index in [-0.39, 0.29) is 22.9 Å². The van der Waals surface area contributed by atoms with Gasteiger partial charge in [0.15, 0.2) is 0 Å². The zero-order valence-electron chi connectivity index (χ0n) is 9.51. The first-order chi connectivity index (χ1) is 8.59. The molecule has 2 aromatic rings. The van der Waals surface area contributed by atoms with Crippen molar-refractivity contribution < 1.29 is 10.2 Å². The van der Waals surface area contributed by atoms with E-state index < -0.39 is 0 Å². The van der Waals surface area contributed by atoms with Crippen LogP contribution in [-0.4, -0.2) is 10.2 Å². The van der Waals surface area contributed by atoms with Crippen molar-refractivity contribution in [2.75, 3.05) is 11.5 Å². The highest BCUT2D eigenvalue weighted by Gasteiger charge is 2.02. The number of rotatable bonds is 0. The molecule has 90 valence electrons. The maximum absolute atomic E-state index is 9.44. The Labute approximate surface area is 104 Å². The third-order valence-corrected chi connectivity index (χ3v) is 2.50. The Morgan fingerprint density at radius 3 is 1.50 bits per heavy atom. The zero-order valence-corrected chi connectivity index (χ0v) is 9.51. The lowest BCUT2D eigenvalue weighted by atomic mass is 10.1. The Bertz CT molecular complexity index is 599. The van der Waals surface area contributed by atoms with Crippen molar-refractivity contribution in [1.29, 1.82) is 0 Å². The number of hydrogen-bond donors (Lipinski definition) is 4. The predicted octanol–water partition coefficient (Wildman–Crippen LogP) is 1.66. The minimum absolute atomic E-state index is 0.00863. The number of nitrogens with two attached hydrogens (primary N) is 2. The predicted molar refractivity (Wildman–Crippen MR) is 71.0 cm³/mol. The van der Waals surface area contributed by atoms with Crippen LogP contribution < -0.4 is 11.5 Å². The second-order valence-electron chi connectivity index (χ2n) is 3.73. The van der Waals surface area contributed by atoms with Gasteiger partial charge >= 0.3 is 0 Å². The van der Waals surface area contributed by atoms with Gasteiger partial charge in [-0.15, -0.1) is 0 Å². The number of phenolic OH excluding ortho intramolecular Hbond substituents is 2. The molecule has 0 aliphatic carbocycles. The summed E-state index contributed by atoms with van der Waals surface area (Å²) in [5, 5.41) is 18.9. The monoisotopic (exact) mass is 240 g/mol. The molecule has 4 nitrogen and oxygen atoms in total. The number of para-hydroxylation sites is 2. The molecule has 6 N–H and O–H groups in total. The van der Waals surface area contributed by atoms with Crippen LogP contribution in [0.25, 0.3) is 0 Å². The molecule has 0 saturated heterocycles. The van der Waals surface area contributed by atoms with E-state index in [0.29, 0.717) is 11.1 Å². The van der Waals surface area contributed by atoms with Gasteiger partial charge < -0.3 is 21.7 Å². The van der Waals surface area contributed by atoms with Gasteiger partial charge in [-0.1, -0.05) is 24.0 Å². The molecular weight excluding hydrogens is 228 g/mol. The fraction of sp³-hybridized carbons (Fsp3) is 0. The van der Waals surface area contributed by atoms with Gasteiger partial charge in [-0.05, 0) is 24.3 Å². The lowest BCUT2D eigenvalue weighted by Crippen LogP contribution is -1.92. The summed E-state index contributed by atoms with van der Waals surface area (Å²) in [6.45, 7) is 0. The van der Waals surface area contributed by atoms with Gasteiger partial charge in [0.05, 0.1) is 22.5 Å². The molecule has 0 aliphatic heterocycles. The lowest BCUT2D eigenvalue weighted by Gasteiger charge is -2.01. The molecule has 0 saturated carbocycles. The molecule has 0 aromatic heterocycles. The van der Waals surface area contributed by atoms with Crippen LogP contribution in [0.15, 0.2) is 36.4 Å². The Morgan fingerprint density at radius 1 is 0.722 bits per heavy atom. The van der Waals surface area contributed by atoms with E-state index in [1.54, 1.807) is 24.3 Å². The highest BCUT2D eigenvalue weighted by molar-refractivity contribution is 5.68. The van der Waals surface area contributed by atoms with Crippen LogP contribution in [0.1, 0.15) is 11.1 Å². The van der Waals surface area contributed by atoms with E-state index in [2.05, 4.69) is 11.8 Å². The third-order valence-electron chi connectivity index (χ3n) is 2.50. The second-order valence-corrected chi connectivity index (χ2v) is 3.73. The van der Waals surface area contributed by atoms with Crippen LogP contribution in [-0.2, 0) is 0 Å². The molecule has 18 heavy (non-hydrogen) atoms. The standard InChI is InChI=1S/C14H12N2O2/c15-13-9(3-1-5-11(13)17)7-8-10-4-2-6-12(18)14(10)16/h1-6,17-18H,15-16H2. The van der Waals surface area contributed by atoms with Crippen LogP contribution in [0.3, 0.4) is 0 Å². The van der Waals surface area contributed by atoms with Crippen LogP contribution >= 0.6 is 0 Å². The van der Waals surface area contributed by atoms with Crippen molar-refractivity contribution in [2.24, 2.45) is 0 Å². The average Bonchev–Trinajstić information content (AvgIpc) is 2.36. The van der Waals surface area contributed by atoms with E-state index in [1.165, 1.54) is 12.1 Å². The van der Waals surface area contributed by atoms with Crippen molar-refractivity contribution in [3.63, 3.8) is 0 Å². The molecule has 0 atom stereocenters. The van der Waals surface area contributed by atoms with Crippen molar-refractivity contribution >= 4 is 11.4 Å². The first-order valence-electron chi connectivity index (χ1n) is 5.26. The normalized spacial score (nSPS) is 9.56. The Morgan fingerprint density at radius 2 is 1.11 bits per heavy atom. The molecule has 2 rings (SSSR count). The fourth-order valence-corrected chi connectivity index (χ4v) is 1.46. The number of hydrogen-bond acceptors (Lipinski definition) is 4. The molecule has 0 aliphatic rings.